The molecule has 1 aromatic rings. The fourth-order valence-corrected chi connectivity index (χ4v) is 5.33. The number of hydrogen-bond donors (Lipinski definition) is 1. The van der Waals surface area contributed by atoms with Crippen molar-refractivity contribution in [1.29, 1.82) is 0 Å². The van der Waals surface area contributed by atoms with Gasteiger partial charge in [0.2, 0.25) is 10.0 Å². The maximum atomic E-state index is 12.7. The van der Waals surface area contributed by atoms with Crippen LogP contribution < -0.4 is 5.32 Å². The molecule has 1 heterocycles. The summed E-state index contributed by atoms with van der Waals surface area (Å²) in [4.78, 5) is 12.7. The lowest BCUT2D eigenvalue weighted by molar-refractivity contribution is 0.0910. The predicted octanol–water partition coefficient (Wildman–Crippen LogP) is 3.17. The molecule has 0 spiro atoms. The van der Waals surface area contributed by atoms with Crippen LogP contribution in [0.5, 0.6) is 0 Å². The zero-order valence-electron chi connectivity index (χ0n) is 14.9. The highest BCUT2D eigenvalue weighted by atomic mass is 32.2. The molecule has 1 N–H and O–H groups in total. The van der Waals surface area contributed by atoms with Gasteiger partial charge in [-0.25, -0.2) is 8.42 Å². The number of amides is 1. The number of nitrogens with zero attached hydrogens (tertiary/aromatic N) is 1. The van der Waals surface area contributed by atoms with E-state index in [0.29, 0.717) is 24.6 Å². The highest BCUT2D eigenvalue weighted by Crippen LogP contribution is 2.24. The standard InChI is InChI=1S/C19H28N2O3S/c1-15-7-3-4-8-18(15)20-19(22)16-9-11-17(12-10-16)25(23,24)21-13-5-2-6-14-21/h9-12,15,18H,2-8,13-14H2,1H3,(H,20,22)/t15-,18-/m1/s1. The average Bonchev–Trinajstić information content (AvgIpc) is 2.64. The predicted molar refractivity (Wildman–Crippen MR) is 97.9 cm³/mol. The van der Waals surface area contributed by atoms with Crippen LogP contribution >= 0.6 is 0 Å². The monoisotopic (exact) mass is 364 g/mol. The third kappa shape index (κ3) is 4.23. The summed E-state index contributed by atoms with van der Waals surface area (Å²) in [5, 5.41) is 3.11. The molecular formula is C19H28N2O3S. The Morgan fingerprint density at radius 2 is 1.64 bits per heavy atom. The first-order valence-electron chi connectivity index (χ1n) is 9.39. The lowest BCUT2D eigenvalue weighted by atomic mass is 9.86. The molecule has 25 heavy (non-hydrogen) atoms. The molecule has 0 bridgehead atoms. The van der Waals surface area contributed by atoms with Crippen molar-refractivity contribution in [3.05, 3.63) is 29.8 Å². The summed E-state index contributed by atoms with van der Waals surface area (Å²) >= 11 is 0. The second-order valence-electron chi connectivity index (χ2n) is 7.33. The quantitative estimate of drug-likeness (QED) is 0.892. The Hall–Kier alpha value is -1.40. The van der Waals surface area contributed by atoms with Crippen LogP contribution in [0.25, 0.3) is 0 Å². The molecule has 0 unspecified atom stereocenters. The van der Waals surface area contributed by atoms with E-state index in [-0.39, 0.29) is 16.8 Å². The van der Waals surface area contributed by atoms with E-state index >= 15 is 0 Å². The number of sulfonamides is 1. The SMILES string of the molecule is C[C@@H]1CCCC[C@H]1NC(=O)c1ccc(S(=O)(=O)N2CCCCC2)cc1. The number of rotatable bonds is 4. The summed E-state index contributed by atoms with van der Waals surface area (Å²) < 4.78 is 26.9. The van der Waals surface area contributed by atoms with Crippen molar-refractivity contribution < 1.29 is 13.2 Å². The fraction of sp³-hybridized carbons (Fsp3) is 0.632. The Labute approximate surface area is 150 Å². The van der Waals surface area contributed by atoms with Crippen molar-refractivity contribution in [1.82, 2.24) is 9.62 Å². The first kappa shape index (κ1) is 18.4. The van der Waals surface area contributed by atoms with Gasteiger partial charge >= 0.3 is 0 Å². The molecule has 2 fully saturated rings. The highest BCUT2D eigenvalue weighted by Gasteiger charge is 2.27. The van der Waals surface area contributed by atoms with Gasteiger partial charge in [0.15, 0.2) is 0 Å². The summed E-state index contributed by atoms with van der Waals surface area (Å²) in [6.07, 6.45) is 7.48. The van der Waals surface area contributed by atoms with Crippen LogP contribution in [-0.2, 0) is 10.0 Å². The molecule has 3 rings (SSSR count). The van der Waals surface area contributed by atoms with Crippen LogP contribution in [-0.4, -0.2) is 37.8 Å². The molecule has 1 aliphatic heterocycles. The molecule has 5 nitrogen and oxygen atoms in total. The second kappa shape index (κ2) is 7.87. The van der Waals surface area contributed by atoms with Gasteiger partial charge in [0.1, 0.15) is 0 Å². The average molecular weight is 365 g/mol. The summed E-state index contributed by atoms with van der Waals surface area (Å²) in [6.45, 7) is 3.35. The minimum Gasteiger partial charge on any atom is -0.349 e. The van der Waals surface area contributed by atoms with E-state index in [0.717, 1.165) is 38.5 Å². The summed E-state index contributed by atoms with van der Waals surface area (Å²) in [6, 6.07) is 6.59. The van der Waals surface area contributed by atoms with E-state index in [4.69, 9.17) is 0 Å². The second-order valence-corrected chi connectivity index (χ2v) is 9.27. The van der Waals surface area contributed by atoms with Gasteiger partial charge in [0.25, 0.3) is 5.91 Å². The molecule has 1 saturated heterocycles. The van der Waals surface area contributed by atoms with Crippen molar-refractivity contribution in [3.8, 4) is 0 Å². The van der Waals surface area contributed by atoms with Crippen LogP contribution in [0.4, 0.5) is 0 Å². The molecule has 138 valence electrons. The Morgan fingerprint density at radius 1 is 1.00 bits per heavy atom. The van der Waals surface area contributed by atoms with Gasteiger partial charge in [-0.3, -0.25) is 4.79 Å². The molecule has 6 heteroatoms. The lowest BCUT2D eigenvalue weighted by Gasteiger charge is -2.29. The summed E-state index contributed by atoms with van der Waals surface area (Å²) in [7, 11) is -3.44. The largest absolute Gasteiger partial charge is 0.349 e. The van der Waals surface area contributed by atoms with Crippen molar-refractivity contribution in [2.75, 3.05) is 13.1 Å². The van der Waals surface area contributed by atoms with Crippen LogP contribution in [0.1, 0.15) is 62.2 Å². The molecule has 2 atom stereocenters. The van der Waals surface area contributed by atoms with Gasteiger partial charge in [-0.2, -0.15) is 4.31 Å². The molecule has 1 amide bonds. The number of nitrogens with one attached hydrogen (secondary N) is 1. The van der Waals surface area contributed by atoms with Crippen molar-refractivity contribution >= 4 is 15.9 Å². The maximum absolute atomic E-state index is 12.7. The molecular weight excluding hydrogens is 336 g/mol. The maximum Gasteiger partial charge on any atom is 0.251 e. The number of carbonyl (C=O) groups excluding carboxylic acids is 1. The van der Waals surface area contributed by atoms with E-state index < -0.39 is 10.0 Å². The topological polar surface area (TPSA) is 66.5 Å². The normalized spacial score (nSPS) is 25.5. The van der Waals surface area contributed by atoms with Crippen molar-refractivity contribution in [2.45, 2.75) is 62.8 Å². The minimum atomic E-state index is -3.44. The smallest absolute Gasteiger partial charge is 0.251 e. The Kier molecular flexibility index (Phi) is 5.79. The van der Waals surface area contributed by atoms with Crippen LogP contribution in [0.3, 0.4) is 0 Å². The van der Waals surface area contributed by atoms with Gasteiger partial charge in [0, 0.05) is 24.7 Å². The van der Waals surface area contributed by atoms with Gasteiger partial charge in [-0.05, 0) is 55.9 Å². The van der Waals surface area contributed by atoms with Gasteiger partial charge in [-0.15, -0.1) is 0 Å². The Balaban J connectivity index is 1.68. The zero-order chi connectivity index (χ0) is 17.9. The summed E-state index contributed by atoms with van der Waals surface area (Å²) in [5.74, 6) is 0.386. The third-order valence-electron chi connectivity index (χ3n) is 5.50. The molecule has 0 radical (unpaired) electrons. The number of carbonyl (C=O) groups is 1. The van der Waals surface area contributed by atoms with Crippen molar-refractivity contribution in [2.24, 2.45) is 5.92 Å². The van der Waals surface area contributed by atoms with Gasteiger partial charge in [0.05, 0.1) is 4.90 Å². The Morgan fingerprint density at radius 3 is 2.28 bits per heavy atom. The molecule has 1 aliphatic carbocycles. The van der Waals surface area contributed by atoms with E-state index in [1.54, 1.807) is 28.6 Å². The van der Waals surface area contributed by atoms with Crippen LogP contribution in [0.15, 0.2) is 29.2 Å². The van der Waals surface area contributed by atoms with E-state index in [2.05, 4.69) is 12.2 Å². The molecule has 0 aromatic heterocycles. The van der Waals surface area contributed by atoms with Crippen molar-refractivity contribution in [3.63, 3.8) is 0 Å². The molecule has 1 aromatic carbocycles. The summed E-state index contributed by atoms with van der Waals surface area (Å²) in [5.41, 5.74) is 0.523. The minimum absolute atomic E-state index is 0.110. The number of piperidine rings is 1. The first-order valence-corrected chi connectivity index (χ1v) is 10.8. The van der Waals surface area contributed by atoms with Crippen LogP contribution in [0, 0.1) is 5.92 Å². The molecule has 2 aliphatic rings. The zero-order valence-corrected chi connectivity index (χ0v) is 15.7. The number of hydrogen-bond acceptors (Lipinski definition) is 3. The van der Waals surface area contributed by atoms with Crippen LogP contribution in [0.2, 0.25) is 0 Å². The Bertz CT molecular complexity index is 694. The number of benzene rings is 1. The lowest BCUT2D eigenvalue weighted by Crippen LogP contribution is -2.41. The van der Waals surface area contributed by atoms with Gasteiger partial charge < -0.3 is 5.32 Å². The van der Waals surface area contributed by atoms with E-state index in [1.807, 2.05) is 0 Å². The van der Waals surface area contributed by atoms with E-state index in [9.17, 15) is 13.2 Å². The molecule has 1 saturated carbocycles. The van der Waals surface area contributed by atoms with E-state index in [1.165, 1.54) is 6.42 Å². The first-order chi connectivity index (χ1) is 12.0. The fourth-order valence-electron chi connectivity index (χ4n) is 3.82. The highest BCUT2D eigenvalue weighted by molar-refractivity contribution is 7.89. The van der Waals surface area contributed by atoms with Gasteiger partial charge in [-0.1, -0.05) is 26.2 Å². The third-order valence-corrected chi connectivity index (χ3v) is 7.41.